The molecule has 0 fully saturated rings. The van der Waals surface area contributed by atoms with Crippen molar-refractivity contribution < 1.29 is 19.1 Å². The summed E-state index contributed by atoms with van der Waals surface area (Å²) in [5.74, 6) is -0.0633. The lowest BCUT2D eigenvalue weighted by atomic mass is 10.1. The lowest BCUT2D eigenvalue weighted by Crippen LogP contribution is -2.17. The van der Waals surface area contributed by atoms with Crippen LogP contribution in [0.3, 0.4) is 0 Å². The van der Waals surface area contributed by atoms with Gasteiger partial charge in [-0.05, 0) is 12.5 Å². The smallest absolute Gasteiger partial charge is 0.315 e. The summed E-state index contributed by atoms with van der Waals surface area (Å²) >= 11 is 0. The molecule has 4 nitrogen and oxygen atoms in total. The zero-order valence-electron chi connectivity index (χ0n) is 9.86. The molecular formula is C13H14O4. The summed E-state index contributed by atoms with van der Waals surface area (Å²) in [6, 6.07) is 5.18. The third-order valence-electron chi connectivity index (χ3n) is 2.84. The third-order valence-corrected chi connectivity index (χ3v) is 2.84. The Bertz CT molecular complexity index is 464. The van der Waals surface area contributed by atoms with Crippen molar-refractivity contribution >= 4 is 11.9 Å². The van der Waals surface area contributed by atoms with Crippen molar-refractivity contribution in [2.24, 2.45) is 5.92 Å². The van der Waals surface area contributed by atoms with Crippen LogP contribution in [0, 0.1) is 5.92 Å². The van der Waals surface area contributed by atoms with Gasteiger partial charge < -0.3 is 9.47 Å². The molecule has 0 aromatic heterocycles. The highest BCUT2D eigenvalue weighted by Gasteiger charge is 2.25. The van der Waals surface area contributed by atoms with Crippen LogP contribution >= 0.6 is 0 Å². The molecule has 1 aliphatic rings. The molecule has 1 unspecified atom stereocenters. The Balaban J connectivity index is 2.21. The molecule has 0 bridgehead atoms. The molecule has 90 valence electrons. The van der Waals surface area contributed by atoms with Crippen LogP contribution < -0.4 is 9.47 Å². The first-order valence-corrected chi connectivity index (χ1v) is 5.66. The van der Waals surface area contributed by atoms with Gasteiger partial charge in [0.1, 0.15) is 0 Å². The molecule has 1 aromatic carbocycles. The first kappa shape index (κ1) is 11.6. The number of rotatable bonds is 3. The van der Waals surface area contributed by atoms with E-state index in [2.05, 4.69) is 0 Å². The lowest BCUT2D eigenvalue weighted by Gasteiger charge is -2.10. The number of para-hydroxylation sites is 1. The van der Waals surface area contributed by atoms with Crippen molar-refractivity contribution in [1.82, 2.24) is 0 Å². The van der Waals surface area contributed by atoms with E-state index in [9.17, 15) is 9.59 Å². The Labute approximate surface area is 99.5 Å². The summed E-state index contributed by atoms with van der Waals surface area (Å²) in [6.45, 7) is 3.72. The molecule has 17 heavy (non-hydrogen) atoms. The van der Waals surface area contributed by atoms with Crippen molar-refractivity contribution in [3.63, 3.8) is 0 Å². The normalized spacial score (nSPS) is 15.1. The van der Waals surface area contributed by atoms with Gasteiger partial charge in [-0.15, -0.1) is 0 Å². The highest BCUT2D eigenvalue weighted by molar-refractivity contribution is 5.84. The quantitative estimate of drug-likeness (QED) is 0.593. The van der Waals surface area contributed by atoms with E-state index < -0.39 is 0 Å². The Morgan fingerprint density at radius 2 is 2.29 bits per heavy atom. The predicted octanol–water partition coefficient (Wildman–Crippen LogP) is 2.10. The first-order valence-electron chi connectivity index (χ1n) is 5.66. The van der Waals surface area contributed by atoms with Gasteiger partial charge in [-0.3, -0.25) is 9.59 Å². The van der Waals surface area contributed by atoms with Gasteiger partial charge in [0.15, 0.2) is 11.5 Å². The average Bonchev–Trinajstić information content (AvgIpc) is 2.69. The molecule has 4 heteroatoms. The Morgan fingerprint density at radius 1 is 1.53 bits per heavy atom. The molecule has 1 aromatic rings. The van der Waals surface area contributed by atoms with Crippen molar-refractivity contribution in [2.45, 2.75) is 26.7 Å². The van der Waals surface area contributed by atoms with Gasteiger partial charge in [-0.1, -0.05) is 26.0 Å². The highest BCUT2D eigenvalue weighted by atomic mass is 16.6. The maximum Gasteiger partial charge on any atom is 0.315 e. The SMILES string of the molecule is CCC(C)C(=O)Oc1cccc2c1OC(=O)C2. The fourth-order valence-corrected chi connectivity index (χ4v) is 1.58. The molecule has 0 spiro atoms. The van der Waals surface area contributed by atoms with Crippen LogP contribution in [0.15, 0.2) is 18.2 Å². The number of benzene rings is 1. The zero-order valence-corrected chi connectivity index (χ0v) is 9.86. The number of fused-ring (bicyclic) bond motifs is 1. The number of esters is 2. The summed E-state index contributed by atoms with van der Waals surface area (Å²) in [7, 11) is 0. The molecular weight excluding hydrogens is 220 g/mol. The van der Waals surface area contributed by atoms with Gasteiger partial charge >= 0.3 is 11.9 Å². The van der Waals surface area contributed by atoms with Gasteiger partial charge in [-0.2, -0.15) is 0 Å². The average molecular weight is 234 g/mol. The fourth-order valence-electron chi connectivity index (χ4n) is 1.58. The van der Waals surface area contributed by atoms with Gasteiger partial charge in [0.25, 0.3) is 0 Å². The maximum absolute atomic E-state index is 11.7. The summed E-state index contributed by atoms with van der Waals surface area (Å²) in [6.07, 6.45) is 0.956. The largest absolute Gasteiger partial charge is 0.422 e. The molecule has 1 heterocycles. The summed E-state index contributed by atoms with van der Waals surface area (Å²) in [5.41, 5.74) is 0.768. The van der Waals surface area contributed by atoms with Gasteiger partial charge in [-0.25, -0.2) is 0 Å². The second-order valence-electron chi connectivity index (χ2n) is 4.13. The minimum Gasteiger partial charge on any atom is -0.422 e. The molecule has 2 rings (SSSR count). The van der Waals surface area contributed by atoms with Crippen LogP contribution in [0.5, 0.6) is 11.5 Å². The van der Waals surface area contributed by atoms with Crippen LogP contribution in [0.2, 0.25) is 0 Å². The van der Waals surface area contributed by atoms with Gasteiger partial charge in [0.05, 0.1) is 12.3 Å². The molecule has 0 amide bonds. The molecule has 0 N–H and O–H groups in total. The highest BCUT2D eigenvalue weighted by Crippen LogP contribution is 2.36. The molecule has 0 radical (unpaired) electrons. The van der Waals surface area contributed by atoms with Crippen LogP contribution in [-0.2, 0) is 16.0 Å². The van der Waals surface area contributed by atoms with Crippen LogP contribution in [0.4, 0.5) is 0 Å². The van der Waals surface area contributed by atoms with Crippen LogP contribution in [0.1, 0.15) is 25.8 Å². The van der Waals surface area contributed by atoms with E-state index in [4.69, 9.17) is 9.47 Å². The van der Waals surface area contributed by atoms with Crippen molar-refractivity contribution in [3.05, 3.63) is 23.8 Å². The summed E-state index contributed by atoms with van der Waals surface area (Å²) in [4.78, 5) is 22.8. The van der Waals surface area contributed by atoms with Crippen LogP contribution in [0.25, 0.3) is 0 Å². The molecule has 1 atom stereocenters. The van der Waals surface area contributed by atoms with E-state index in [-0.39, 0.29) is 24.3 Å². The van der Waals surface area contributed by atoms with Gasteiger partial charge in [0, 0.05) is 5.56 Å². The Hall–Kier alpha value is -1.84. The summed E-state index contributed by atoms with van der Waals surface area (Å²) in [5, 5.41) is 0. The van der Waals surface area contributed by atoms with E-state index in [1.165, 1.54) is 0 Å². The zero-order chi connectivity index (χ0) is 12.4. The number of ether oxygens (including phenoxy) is 2. The minimum absolute atomic E-state index is 0.164. The van der Waals surface area contributed by atoms with Crippen molar-refractivity contribution in [1.29, 1.82) is 0 Å². The van der Waals surface area contributed by atoms with Crippen molar-refractivity contribution in [3.8, 4) is 11.5 Å². The number of hydrogen-bond acceptors (Lipinski definition) is 4. The first-order chi connectivity index (χ1) is 8.11. The maximum atomic E-state index is 11.7. The second kappa shape index (κ2) is 4.57. The van der Waals surface area contributed by atoms with Crippen molar-refractivity contribution in [2.75, 3.05) is 0 Å². The Kier molecular flexibility index (Phi) is 3.13. The molecule has 0 aliphatic carbocycles. The van der Waals surface area contributed by atoms with E-state index >= 15 is 0 Å². The van der Waals surface area contributed by atoms with Crippen LogP contribution in [-0.4, -0.2) is 11.9 Å². The van der Waals surface area contributed by atoms with E-state index in [0.29, 0.717) is 17.9 Å². The number of hydrogen-bond donors (Lipinski definition) is 0. The molecule has 0 saturated heterocycles. The fraction of sp³-hybridized carbons (Fsp3) is 0.385. The number of carbonyl (C=O) groups excluding carboxylic acids is 2. The minimum atomic E-state index is -0.313. The Morgan fingerprint density at radius 3 is 3.00 bits per heavy atom. The lowest BCUT2D eigenvalue weighted by molar-refractivity contribution is -0.139. The molecule has 0 saturated carbocycles. The molecule has 1 aliphatic heterocycles. The number of carbonyl (C=O) groups is 2. The third kappa shape index (κ3) is 2.30. The summed E-state index contributed by atoms with van der Waals surface area (Å²) < 4.78 is 10.3. The van der Waals surface area contributed by atoms with Gasteiger partial charge in [0.2, 0.25) is 0 Å². The predicted molar refractivity (Wildman–Crippen MR) is 60.9 cm³/mol. The van der Waals surface area contributed by atoms with E-state index in [1.807, 2.05) is 6.92 Å². The topological polar surface area (TPSA) is 52.6 Å². The standard InChI is InChI=1S/C13H14O4/c1-3-8(2)13(15)16-10-6-4-5-9-7-11(14)17-12(9)10/h4-6,8H,3,7H2,1-2H3. The van der Waals surface area contributed by atoms with E-state index in [0.717, 1.165) is 5.56 Å². The monoisotopic (exact) mass is 234 g/mol. The second-order valence-corrected chi connectivity index (χ2v) is 4.13. The van der Waals surface area contributed by atoms with E-state index in [1.54, 1.807) is 25.1 Å².